The SMILES string of the molecule is CC(NC1CCN(c2ccc(Cl)cc2Cl)C(c2ccc(Cl)cc2)C1)c1ccc(Cl)cc1. The van der Waals surface area contributed by atoms with Crippen molar-refractivity contribution in [1.82, 2.24) is 5.32 Å². The maximum Gasteiger partial charge on any atom is 0.0654 e. The molecule has 4 rings (SSSR count). The minimum atomic E-state index is 0.180. The van der Waals surface area contributed by atoms with E-state index in [1.165, 1.54) is 11.1 Å². The average Bonchev–Trinajstić information content (AvgIpc) is 2.75. The van der Waals surface area contributed by atoms with Gasteiger partial charge in [-0.1, -0.05) is 70.7 Å². The van der Waals surface area contributed by atoms with E-state index in [4.69, 9.17) is 46.4 Å². The number of nitrogens with one attached hydrogen (secondary N) is 1. The van der Waals surface area contributed by atoms with Crippen LogP contribution in [0, 0.1) is 0 Å². The van der Waals surface area contributed by atoms with E-state index in [2.05, 4.69) is 41.4 Å². The Labute approximate surface area is 204 Å². The van der Waals surface area contributed by atoms with Gasteiger partial charge in [-0.25, -0.2) is 0 Å². The molecule has 0 spiro atoms. The minimum absolute atomic E-state index is 0.180. The zero-order chi connectivity index (χ0) is 22.0. The van der Waals surface area contributed by atoms with Crippen LogP contribution in [0.4, 0.5) is 5.69 Å². The van der Waals surface area contributed by atoms with E-state index >= 15 is 0 Å². The molecule has 1 aliphatic heterocycles. The van der Waals surface area contributed by atoms with Gasteiger partial charge >= 0.3 is 0 Å². The van der Waals surface area contributed by atoms with Crippen molar-refractivity contribution < 1.29 is 0 Å². The molecule has 162 valence electrons. The van der Waals surface area contributed by atoms with E-state index in [1.807, 2.05) is 42.5 Å². The van der Waals surface area contributed by atoms with Gasteiger partial charge in [0.25, 0.3) is 0 Å². The molecule has 31 heavy (non-hydrogen) atoms. The van der Waals surface area contributed by atoms with Gasteiger partial charge in [-0.3, -0.25) is 0 Å². The second kappa shape index (κ2) is 10.0. The van der Waals surface area contributed by atoms with Crippen LogP contribution in [0.1, 0.15) is 43.0 Å². The quantitative estimate of drug-likeness (QED) is 0.384. The van der Waals surface area contributed by atoms with Crippen molar-refractivity contribution in [1.29, 1.82) is 0 Å². The molecule has 1 aliphatic rings. The summed E-state index contributed by atoms with van der Waals surface area (Å²) in [6.45, 7) is 3.09. The lowest BCUT2D eigenvalue weighted by Gasteiger charge is -2.42. The smallest absolute Gasteiger partial charge is 0.0654 e. The highest BCUT2D eigenvalue weighted by Crippen LogP contribution is 2.40. The van der Waals surface area contributed by atoms with Crippen LogP contribution >= 0.6 is 46.4 Å². The molecular formula is C25H24Cl4N2. The molecule has 0 radical (unpaired) electrons. The Bertz CT molecular complexity index is 1020. The lowest BCUT2D eigenvalue weighted by Crippen LogP contribution is -2.45. The van der Waals surface area contributed by atoms with Crippen LogP contribution in [0.5, 0.6) is 0 Å². The number of anilines is 1. The van der Waals surface area contributed by atoms with Gasteiger partial charge in [-0.15, -0.1) is 0 Å². The van der Waals surface area contributed by atoms with E-state index in [9.17, 15) is 0 Å². The molecule has 0 bridgehead atoms. The second-order valence-electron chi connectivity index (χ2n) is 8.02. The van der Waals surface area contributed by atoms with Crippen molar-refractivity contribution in [3.05, 3.63) is 97.9 Å². The maximum absolute atomic E-state index is 6.58. The molecule has 1 N–H and O–H groups in total. The number of benzene rings is 3. The summed E-state index contributed by atoms with van der Waals surface area (Å²) in [6, 6.07) is 22.7. The van der Waals surface area contributed by atoms with Gasteiger partial charge in [-0.05, 0) is 73.4 Å². The van der Waals surface area contributed by atoms with E-state index in [-0.39, 0.29) is 12.1 Å². The molecule has 0 aromatic heterocycles. The molecule has 1 fully saturated rings. The van der Waals surface area contributed by atoms with Gasteiger partial charge < -0.3 is 10.2 Å². The zero-order valence-electron chi connectivity index (χ0n) is 17.2. The molecule has 0 aliphatic carbocycles. The Morgan fingerprint density at radius 1 is 0.839 bits per heavy atom. The minimum Gasteiger partial charge on any atom is -0.363 e. The molecule has 6 heteroatoms. The maximum atomic E-state index is 6.58. The summed E-state index contributed by atoms with van der Waals surface area (Å²) in [5.41, 5.74) is 3.46. The number of halogens is 4. The molecule has 3 aromatic carbocycles. The molecule has 0 amide bonds. The molecule has 2 nitrogen and oxygen atoms in total. The highest BCUT2D eigenvalue weighted by Gasteiger charge is 2.31. The van der Waals surface area contributed by atoms with Gasteiger partial charge in [0.05, 0.1) is 16.8 Å². The summed E-state index contributed by atoms with van der Waals surface area (Å²) in [4.78, 5) is 2.38. The molecule has 3 unspecified atom stereocenters. The van der Waals surface area contributed by atoms with Crippen LogP contribution in [-0.2, 0) is 0 Å². The second-order valence-corrected chi connectivity index (χ2v) is 9.73. The first-order valence-electron chi connectivity index (χ1n) is 10.4. The molecule has 3 aromatic rings. The Balaban J connectivity index is 1.58. The van der Waals surface area contributed by atoms with Gasteiger partial charge in [-0.2, -0.15) is 0 Å². The largest absolute Gasteiger partial charge is 0.363 e. The van der Waals surface area contributed by atoms with E-state index in [0.717, 1.165) is 35.1 Å². The van der Waals surface area contributed by atoms with Crippen LogP contribution in [-0.4, -0.2) is 12.6 Å². The highest BCUT2D eigenvalue weighted by atomic mass is 35.5. The molecule has 0 saturated carbocycles. The van der Waals surface area contributed by atoms with E-state index in [0.29, 0.717) is 16.1 Å². The normalized spacial score (nSPS) is 20.0. The van der Waals surface area contributed by atoms with E-state index in [1.54, 1.807) is 0 Å². The highest BCUT2D eigenvalue weighted by molar-refractivity contribution is 6.36. The fraction of sp³-hybridized carbons (Fsp3) is 0.280. The Morgan fingerprint density at radius 3 is 2.10 bits per heavy atom. The monoisotopic (exact) mass is 492 g/mol. The predicted octanol–water partition coefficient (Wildman–Crippen LogP) is 8.36. The fourth-order valence-corrected chi connectivity index (χ4v) is 5.09. The van der Waals surface area contributed by atoms with E-state index < -0.39 is 0 Å². The van der Waals surface area contributed by atoms with Crippen LogP contribution in [0.2, 0.25) is 20.1 Å². The first-order valence-corrected chi connectivity index (χ1v) is 11.9. The summed E-state index contributed by atoms with van der Waals surface area (Å²) in [5, 5.41) is 6.62. The number of nitrogens with zero attached hydrogens (tertiary/aromatic N) is 1. The Kier molecular flexibility index (Phi) is 7.36. The summed E-state index contributed by atoms with van der Waals surface area (Å²) in [7, 11) is 0. The third-order valence-electron chi connectivity index (χ3n) is 5.93. The van der Waals surface area contributed by atoms with Crippen molar-refractivity contribution >= 4 is 52.1 Å². The summed E-state index contributed by atoms with van der Waals surface area (Å²) >= 11 is 24.9. The van der Waals surface area contributed by atoms with Gasteiger partial charge in [0.1, 0.15) is 0 Å². The third kappa shape index (κ3) is 5.50. The first-order chi connectivity index (χ1) is 14.9. The molecule has 1 saturated heterocycles. The average molecular weight is 494 g/mol. The predicted molar refractivity (Wildman–Crippen MR) is 134 cm³/mol. The third-order valence-corrected chi connectivity index (χ3v) is 6.97. The van der Waals surface area contributed by atoms with Crippen molar-refractivity contribution in [2.24, 2.45) is 0 Å². The molecule has 3 atom stereocenters. The number of piperidine rings is 1. The Morgan fingerprint density at radius 2 is 1.45 bits per heavy atom. The standard InChI is InChI=1S/C25H24Cl4N2/c1-16(17-2-6-19(26)7-3-17)30-22-12-13-31(24-11-10-21(28)14-23(24)29)25(15-22)18-4-8-20(27)9-5-18/h2-11,14,16,22,25,30H,12-13,15H2,1H3. The summed E-state index contributed by atoms with van der Waals surface area (Å²) in [5.74, 6) is 0. The van der Waals surface area contributed by atoms with Gasteiger partial charge in [0.2, 0.25) is 0 Å². The van der Waals surface area contributed by atoms with Gasteiger partial charge in [0.15, 0.2) is 0 Å². The van der Waals surface area contributed by atoms with Crippen molar-refractivity contribution in [3.8, 4) is 0 Å². The molecular weight excluding hydrogens is 470 g/mol. The molecule has 1 heterocycles. The number of hydrogen-bond donors (Lipinski definition) is 1. The van der Waals surface area contributed by atoms with Crippen LogP contribution in [0.15, 0.2) is 66.7 Å². The Hall–Kier alpha value is -1.42. The number of hydrogen-bond acceptors (Lipinski definition) is 2. The zero-order valence-corrected chi connectivity index (χ0v) is 20.2. The van der Waals surface area contributed by atoms with Crippen LogP contribution < -0.4 is 10.2 Å². The van der Waals surface area contributed by atoms with Gasteiger partial charge in [0, 0.05) is 33.7 Å². The summed E-state index contributed by atoms with van der Waals surface area (Å²) in [6.07, 6.45) is 1.97. The topological polar surface area (TPSA) is 15.3 Å². The van der Waals surface area contributed by atoms with Crippen LogP contribution in [0.3, 0.4) is 0 Å². The first kappa shape index (κ1) is 22.8. The fourth-order valence-electron chi connectivity index (χ4n) is 4.32. The van der Waals surface area contributed by atoms with Crippen LogP contribution in [0.25, 0.3) is 0 Å². The van der Waals surface area contributed by atoms with Crippen molar-refractivity contribution in [3.63, 3.8) is 0 Å². The summed E-state index contributed by atoms with van der Waals surface area (Å²) < 4.78 is 0. The number of rotatable bonds is 5. The van der Waals surface area contributed by atoms with Crippen molar-refractivity contribution in [2.45, 2.75) is 37.9 Å². The lowest BCUT2D eigenvalue weighted by atomic mass is 9.90. The van der Waals surface area contributed by atoms with Crippen molar-refractivity contribution in [2.75, 3.05) is 11.4 Å². The lowest BCUT2D eigenvalue weighted by molar-refractivity contribution is 0.336.